The molecule has 1 saturated heterocycles. The first-order valence-corrected chi connectivity index (χ1v) is 9.39. The molecule has 0 radical (unpaired) electrons. The van der Waals surface area contributed by atoms with E-state index in [1.54, 1.807) is 25.4 Å². The number of hydrogen-bond acceptors (Lipinski definition) is 5. The van der Waals surface area contributed by atoms with Gasteiger partial charge in [-0.25, -0.2) is 4.98 Å². The summed E-state index contributed by atoms with van der Waals surface area (Å²) in [4.78, 5) is 31.8. The predicted octanol–water partition coefficient (Wildman–Crippen LogP) is 2.62. The molecule has 0 unspecified atom stereocenters. The van der Waals surface area contributed by atoms with Crippen LogP contribution in [-0.2, 0) is 16.1 Å². The summed E-state index contributed by atoms with van der Waals surface area (Å²) in [6.45, 7) is 1.61. The van der Waals surface area contributed by atoms with Crippen LogP contribution in [0.2, 0.25) is 0 Å². The highest BCUT2D eigenvalue weighted by Crippen LogP contribution is 2.38. The molecule has 146 valence electrons. The molecule has 2 amide bonds. The van der Waals surface area contributed by atoms with E-state index in [1.807, 2.05) is 29.2 Å². The lowest BCUT2D eigenvalue weighted by Crippen LogP contribution is -2.54. The average Bonchev–Trinajstić information content (AvgIpc) is 3.07. The van der Waals surface area contributed by atoms with Gasteiger partial charge in [0, 0.05) is 31.4 Å². The van der Waals surface area contributed by atoms with Crippen molar-refractivity contribution in [3.8, 4) is 5.88 Å². The second-order valence-corrected chi connectivity index (χ2v) is 7.20. The number of rotatable bonds is 5. The lowest BCUT2D eigenvalue weighted by Gasteiger charge is -2.44. The van der Waals surface area contributed by atoms with Gasteiger partial charge in [-0.15, -0.1) is 0 Å². The van der Waals surface area contributed by atoms with Crippen LogP contribution in [0.25, 0.3) is 0 Å². The first-order valence-electron chi connectivity index (χ1n) is 9.39. The second-order valence-electron chi connectivity index (χ2n) is 7.20. The van der Waals surface area contributed by atoms with Crippen molar-refractivity contribution in [2.75, 3.05) is 25.6 Å². The van der Waals surface area contributed by atoms with E-state index < -0.39 is 5.54 Å². The summed E-state index contributed by atoms with van der Waals surface area (Å²) in [7, 11) is 1.54. The summed E-state index contributed by atoms with van der Waals surface area (Å²) in [5, 5.41) is 2.89. The summed E-state index contributed by atoms with van der Waals surface area (Å²) in [6.07, 6.45) is 3.06. The van der Waals surface area contributed by atoms with E-state index in [0.717, 1.165) is 11.1 Å². The van der Waals surface area contributed by atoms with Crippen molar-refractivity contribution in [1.82, 2.24) is 9.88 Å². The van der Waals surface area contributed by atoms with Gasteiger partial charge >= 0.3 is 0 Å². The van der Waals surface area contributed by atoms with Crippen LogP contribution < -0.4 is 10.1 Å². The maximum absolute atomic E-state index is 13.0. The third-order valence-electron chi connectivity index (χ3n) is 5.54. The minimum atomic E-state index is -0.543. The highest BCUT2D eigenvalue weighted by atomic mass is 16.5. The van der Waals surface area contributed by atoms with Gasteiger partial charge in [-0.1, -0.05) is 18.2 Å². The van der Waals surface area contributed by atoms with Gasteiger partial charge in [0.2, 0.25) is 11.8 Å². The van der Waals surface area contributed by atoms with Gasteiger partial charge in [0.1, 0.15) is 0 Å². The van der Waals surface area contributed by atoms with Crippen LogP contribution >= 0.6 is 0 Å². The number of nitrogens with zero attached hydrogens (tertiary/aromatic N) is 2. The van der Waals surface area contributed by atoms with Gasteiger partial charge in [0.25, 0.3) is 5.91 Å². The van der Waals surface area contributed by atoms with E-state index in [2.05, 4.69) is 10.3 Å². The minimum Gasteiger partial charge on any atom is -0.481 e. The Bertz CT molecular complexity index is 875. The number of hydrogen-bond donors (Lipinski definition) is 1. The predicted molar refractivity (Wildman–Crippen MR) is 103 cm³/mol. The van der Waals surface area contributed by atoms with E-state index in [0.29, 0.717) is 44.2 Å². The number of carbonyl (C=O) groups is 2. The second kappa shape index (κ2) is 7.59. The lowest BCUT2D eigenvalue weighted by atomic mass is 9.84. The standard InChI is InChI=1S/C21H23N3O4/c1-27-19-7-6-16(13-22-19)23-18(25)12-21(8-10-28-11-9-21)24-14-15-4-2-3-5-17(15)20(24)26/h2-7,13H,8-12,14H2,1H3,(H,23,25). The number of aromatic nitrogens is 1. The van der Waals surface area contributed by atoms with Gasteiger partial charge in [0.05, 0.1) is 31.0 Å². The quantitative estimate of drug-likeness (QED) is 0.861. The van der Waals surface area contributed by atoms with Gasteiger partial charge in [-0.2, -0.15) is 0 Å². The summed E-state index contributed by atoms with van der Waals surface area (Å²) >= 11 is 0. The molecule has 0 spiro atoms. The fourth-order valence-corrected chi connectivity index (χ4v) is 4.01. The summed E-state index contributed by atoms with van der Waals surface area (Å²) in [5.74, 6) is 0.341. The minimum absolute atomic E-state index is 0.00332. The molecule has 1 fully saturated rings. The Balaban J connectivity index is 1.53. The highest BCUT2D eigenvalue weighted by molar-refractivity contribution is 5.99. The van der Waals surface area contributed by atoms with Crippen LogP contribution in [0.1, 0.15) is 35.2 Å². The number of nitrogens with one attached hydrogen (secondary N) is 1. The van der Waals surface area contributed by atoms with Crippen molar-refractivity contribution in [1.29, 1.82) is 0 Å². The number of methoxy groups -OCH3 is 1. The first kappa shape index (κ1) is 18.4. The van der Waals surface area contributed by atoms with Gasteiger partial charge in [0.15, 0.2) is 0 Å². The maximum atomic E-state index is 13.0. The maximum Gasteiger partial charge on any atom is 0.254 e. The zero-order valence-corrected chi connectivity index (χ0v) is 15.8. The molecule has 0 bridgehead atoms. The summed E-state index contributed by atoms with van der Waals surface area (Å²) < 4.78 is 10.6. The molecule has 0 atom stereocenters. The normalized spacial score (nSPS) is 17.9. The summed E-state index contributed by atoms with van der Waals surface area (Å²) in [6, 6.07) is 11.1. The van der Waals surface area contributed by atoms with Crippen LogP contribution in [0, 0.1) is 0 Å². The van der Waals surface area contributed by atoms with Gasteiger partial charge < -0.3 is 19.7 Å². The molecule has 0 saturated carbocycles. The zero-order valence-electron chi connectivity index (χ0n) is 15.8. The fourth-order valence-electron chi connectivity index (χ4n) is 4.01. The molecular weight excluding hydrogens is 358 g/mol. The molecule has 1 aromatic carbocycles. The molecule has 28 heavy (non-hydrogen) atoms. The summed E-state index contributed by atoms with van der Waals surface area (Å²) in [5.41, 5.74) is 1.80. The Kier molecular flexibility index (Phi) is 5.00. The molecule has 2 aliphatic rings. The molecule has 0 aliphatic carbocycles. The largest absolute Gasteiger partial charge is 0.481 e. The third kappa shape index (κ3) is 3.45. The van der Waals surface area contributed by atoms with Crippen LogP contribution in [-0.4, -0.2) is 47.6 Å². The average molecular weight is 381 g/mol. The van der Waals surface area contributed by atoms with E-state index in [-0.39, 0.29) is 18.2 Å². The van der Waals surface area contributed by atoms with E-state index in [9.17, 15) is 9.59 Å². The molecule has 7 nitrogen and oxygen atoms in total. The number of fused-ring (bicyclic) bond motifs is 1. The van der Waals surface area contributed by atoms with Gasteiger partial charge in [-0.3, -0.25) is 9.59 Å². The van der Waals surface area contributed by atoms with E-state index in [1.165, 1.54) is 0 Å². The number of amides is 2. The Morgan fingerprint density at radius 1 is 1.25 bits per heavy atom. The van der Waals surface area contributed by atoms with Crippen molar-refractivity contribution in [3.05, 3.63) is 53.7 Å². The Hall–Kier alpha value is -2.93. The Morgan fingerprint density at radius 2 is 2.04 bits per heavy atom. The van der Waals surface area contributed by atoms with Crippen molar-refractivity contribution in [2.45, 2.75) is 31.3 Å². The topological polar surface area (TPSA) is 80.8 Å². The number of anilines is 1. The number of pyridine rings is 1. The highest BCUT2D eigenvalue weighted by Gasteiger charge is 2.46. The molecule has 7 heteroatoms. The molecule has 2 aromatic rings. The van der Waals surface area contributed by atoms with Crippen molar-refractivity contribution in [2.24, 2.45) is 0 Å². The Morgan fingerprint density at radius 3 is 2.71 bits per heavy atom. The van der Waals surface area contributed by atoms with Crippen molar-refractivity contribution in [3.63, 3.8) is 0 Å². The van der Waals surface area contributed by atoms with Crippen LogP contribution in [0.4, 0.5) is 5.69 Å². The van der Waals surface area contributed by atoms with E-state index >= 15 is 0 Å². The zero-order chi connectivity index (χ0) is 19.6. The van der Waals surface area contributed by atoms with Crippen LogP contribution in [0.3, 0.4) is 0 Å². The number of ether oxygens (including phenoxy) is 2. The monoisotopic (exact) mass is 381 g/mol. The molecule has 2 aliphatic heterocycles. The number of benzene rings is 1. The number of carbonyl (C=O) groups excluding carboxylic acids is 2. The van der Waals surface area contributed by atoms with Crippen LogP contribution in [0.5, 0.6) is 5.88 Å². The van der Waals surface area contributed by atoms with Crippen molar-refractivity contribution < 1.29 is 19.1 Å². The molecule has 1 N–H and O–H groups in total. The SMILES string of the molecule is COc1ccc(NC(=O)CC2(N3Cc4ccccc4C3=O)CCOCC2)cn1. The first-order chi connectivity index (χ1) is 13.6. The molecule has 3 heterocycles. The van der Waals surface area contributed by atoms with E-state index in [4.69, 9.17) is 9.47 Å². The molecule has 4 rings (SSSR count). The molecular formula is C21H23N3O4. The van der Waals surface area contributed by atoms with Gasteiger partial charge in [-0.05, 0) is 30.5 Å². The third-order valence-corrected chi connectivity index (χ3v) is 5.54. The molecule has 1 aromatic heterocycles. The van der Waals surface area contributed by atoms with Crippen LogP contribution in [0.15, 0.2) is 42.6 Å². The smallest absolute Gasteiger partial charge is 0.254 e. The van der Waals surface area contributed by atoms with Crippen molar-refractivity contribution >= 4 is 17.5 Å². The lowest BCUT2D eigenvalue weighted by molar-refractivity contribution is -0.120. The Labute approximate surface area is 163 Å². The fraction of sp³-hybridized carbons (Fsp3) is 0.381.